The zero-order chi connectivity index (χ0) is 78.3. The summed E-state index contributed by atoms with van der Waals surface area (Å²) < 4.78 is 0. The van der Waals surface area contributed by atoms with Crippen LogP contribution in [0.5, 0.6) is 0 Å². The number of hydrogen-bond acceptors (Lipinski definition) is 2. The van der Waals surface area contributed by atoms with Crippen molar-refractivity contribution in [3.63, 3.8) is 0 Å². The molecule has 0 amide bonds. The molecule has 0 unspecified atom stereocenters. The lowest BCUT2D eigenvalue weighted by atomic mass is 9.70. The van der Waals surface area contributed by atoms with Crippen LogP contribution in [0.3, 0.4) is 0 Å². The molecule has 18 aromatic carbocycles. The Hall–Kier alpha value is -14.4. The highest BCUT2D eigenvalue weighted by Gasteiger charge is 2.54. The van der Waals surface area contributed by atoms with Crippen LogP contribution in [0.2, 0.25) is 0 Å². The summed E-state index contributed by atoms with van der Waals surface area (Å²) in [6.45, 7) is 9.54. The fraction of sp³-hybridized carbons (Fsp3) is 0.0690. The van der Waals surface area contributed by atoms with Gasteiger partial charge in [0.1, 0.15) is 0 Å². The molecule has 0 heterocycles. The maximum atomic E-state index is 2.54. The zero-order valence-electron chi connectivity index (χ0n) is 66.2. The van der Waals surface area contributed by atoms with Gasteiger partial charge in [-0.1, -0.05) is 361 Å². The molecule has 6 aliphatic rings. The highest BCUT2D eigenvalue weighted by atomic mass is 15.2. The molecular formula is C116H80N2. The molecule has 0 saturated carbocycles. The predicted molar refractivity (Wildman–Crippen MR) is 491 cm³/mol. The molecule has 18 aromatic rings. The van der Waals surface area contributed by atoms with Gasteiger partial charge in [-0.3, -0.25) is 0 Å². The minimum atomic E-state index is -0.602. The number of fused-ring (bicyclic) bond motifs is 26. The molecule has 2 heteroatoms. The van der Waals surface area contributed by atoms with Crippen LogP contribution in [0.15, 0.2) is 413 Å². The molecule has 0 fully saturated rings. The Morgan fingerprint density at radius 2 is 0.373 bits per heavy atom. The molecule has 0 N–H and O–H groups in total. The van der Waals surface area contributed by atoms with E-state index in [-0.39, 0.29) is 10.8 Å². The number of rotatable bonds is 11. The Labute approximate surface area is 690 Å². The Morgan fingerprint density at radius 1 is 0.144 bits per heavy atom. The highest BCUT2D eigenvalue weighted by Crippen LogP contribution is 2.67. The van der Waals surface area contributed by atoms with Gasteiger partial charge in [-0.15, -0.1) is 0 Å². The molecule has 2 nitrogen and oxygen atoms in total. The van der Waals surface area contributed by atoms with Gasteiger partial charge in [-0.25, -0.2) is 0 Å². The number of nitrogens with zero attached hydrogens (tertiary/aromatic N) is 2. The summed E-state index contributed by atoms with van der Waals surface area (Å²) in [7, 11) is 0. The summed E-state index contributed by atoms with van der Waals surface area (Å²) in [6, 6.07) is 157. The summed E-state index contributed by atoms with van der Waals surface area (Å²) in [4.78, 5) is 5.04. The van der Waals surface area contributed by atoms with Crippen molar-refractivity contribution in [2.45, 2.75) is 49.4 Å². The van der Waals surface area contributed by atoms with E-state index in [2.05, 4.69) is 450 Å². The van der Waals surface area contributed by atoms with Crippen LogP contribution < -0.4 is 9.80 Å². The number of hydrogen-bond donors (Lipinski definition) is 0. The molecule has 0 aromatic heterocycles. The molecule has 0 bridgehead atoms. The van der Waals surface area contributed by atoms with Crippen LogP contribution in [0.4, 0.5) is 34.1 Å². The maximum Gasteiger partial charge on any atom is 0.0726 e. The minimum absolute atomic E-state index is 0.183. The molecule has 554 valence electrons. The van der Waals surface area contributed by atoms with E-state index in [1.807, 2.05) is 0 Å². The Morgan fingerprint density at radius 3 is 0.754 bits per heavy atom. The van der Waals surface area contributed by atoms with Gasteiger partial charge < -0.3 is 9.80 Å². The number of anilines is 6. The van der Waals surface area contributed by atoms with Gasteiger partial charge in [0.15, 0.2) is 0 Å². The van der Waals surface area contributed by atoms with E-state index in [0.717, 1.165) is 39.7 Å². The first kappa shape index (κ1) is 68.0. The second kappa shape index (κ2) is 25.5. The smallest absolute Gasteiger partial charge is 0.0726 e. The quantitative estimate of drug-likeness (QED) is 0.127. The number of para-hydroxylation sites is 1. The fourth-order valence-electron chi connectivity index (χ4n) is 22.1. The van der Waals surface area contributed by atoms with E-state index in [9.17, 15) is 0 Å². The van der Waals surface area contributed by atoms with Gasteiger partial charge in [-0.05, 0) is 262 Å². The third-order valence-electron chi connectivity index (χ3n) is 27.5. The van der Waals surface area contributed by atoms with Gasteiger partial charge in [-0.2, -0.15) is 0 Å². The van der Waals surface area contributed by atoms with E-state index < -0.39 is 10.8 Å². The maximum absolute atomic E-state index is 2.54. The molecular weight excluding hydrogens is 1420 g/mol. The Kier molecular flexibility index (Phi) is 14.7. The monoisotopic (exact) mass is 1500 g/mol. The average Bonchev–Trinajstić information content (AvgIpc) is 1.51. The Bertz CT molecular complexity index is 7130. The van der Waals surface area contributed by atoms with Crippen LogP contribution in [-0.4, -0.2) is 0 Å². The van der Waals surface area contributed by atoms with Gasteiger partial charge >= 0.3 is 0 Å². The normalized spacial score (nSPS) is 14.4. The lowest BCUT2D eigenvalue weighted by Gasteiger charge is -2.33. The third-order valence-corrected chi connectivity index (χ3v) is 27.5. The van der Waals surface area contributed by atoms with E-state index >= 15 is 0 Å². The second-order valence-electron chi connectivity index (χ2n) is 34.1. The Balaban J connectivity index is 0.578. The SMILES string of the molecule is CC1(C)c2ccccc2-c2ccc(N(c3ccc(-c4ccc(-c5ccc(-c6ccc7c(c6)C6(c8ccccc8-c8ccccc86)c6cc(N(c8ccc9c(c8)C(C)(C)c8ccccc8-9)c8ccccc8-c8ccccc8)ccc6-7)cc5)cc4)cc3)c3ccc4c(c3)C3(c5ccccc5-c5ccccc53)c3cc(-c5ccccc5)ccc3-4)cc21. The van der Waals surface area contributed by atoms with Crippen molar-refractivity contribution in [1.29, 1.82) is 0 Å². The lowest BCUT2D eigenvalue weighted by Crippen LogP contribution is -2.26. The summed E-state index contributed by atoms with van der Waals surface area (Å²) in [5, 5.41) is 0. The van der Waals surface area contributed by atoms with E-state index in [1.165, 1.54) is 184 Å². The van der Waals surface area contributed by atoms with Gasteiger partial charge in [0, 0.05) is 44.8 Å². The third kappa shape index (κ3) is 9.63. The molecule has 0 radical (unpaired) electrons. The fourth-order valence-corrected chi connectivity index (χ4v) is 22.1. The summed E-state index contributed by atoms with van der Waals surface area (Å²) in [6.07, 6.45) is 0. The van der Waals surface area contributed by atoms with Crippen molar-refractivity contribution in [2.75, 3.05) is 9.80 Å². The highest BCUT2D eigenvalue weighted by molar-refractivity contribution is 6.01. The lowest BCUT2D eigenvalue weighted by molar-refractivity contribution is 0.660. The van der Waals surface area contributed by atoms with E-state index in [1.54, 1.807) is 0 Å². The van der Waals surface area contributed by atoms with E-state index in [4.69, 9.17) is 0 Å². The molecule has 0 aliphatic heterocycles. The average molecular weight is 1500 g/mol. The number of benzene rings is 18. The van der Waals surface area contributed by atoms with Crippen LogP contribution in [-0.2, 0) is 21.7 Å². The van der Waals surface area contributed by atoms with Gasteiger partial charge in [0.25, 0.3) is 0 Å². The van der Waals surface area contributed by atoms with Crippen LogP contribution in [0.1, 0.15) is 94.5 Å². The zero-order valence-corrected chi connectivity index (χ0v) is 66.2. The van der Waals surface area contributed by atoms with E-state index in [0.29, 0.717) is 0 Å². The largest absolute Gasteiger partial charge is 0.310 e. The van der Waals surface area contributed by atoms with Crippen molar-refractivity contribution in [1.82, 2.24) is 0 Å². The second-order valence-corrected chi connectivity index (χ2v) is 34.1. The molecule has 24 rings (SSSR count). The molecule has 2 spiro atoms. The van der Waals surface area contributed by atoms with Gasteiger partial charge in [0.2, 0.25) is 0 Å². The van der Waals surface area contributed by atoms with Crippen LogP contribution in [0, 0.1) is 0 Å². The minimum Gasteiger partial charge on any atom is -0.310 e. The first-order valence-corrected chi connectivity index (χ1v) is 41.6. The van der Waals surface area contributed by atoms with Crippen molar-refractivity contribution >= 4 is 34.1 Å². The van der Waals surface area contributed by atoms with Crippen molar-refractivity contribution in [2.24, 2.45) is 0 Å². The summed E-state index contributed by atoms with van der Waals surface area (Å²) in [5.74, 6) is 0. The van der Waals surface area contributed by atoms with Crippen LogP contribution in [0.25, 0.3) is 122 Å². The predicted octanol–water partition coefficient (Wildman–Crippen LogP) is 30.3. The molecule has 118 heavy (non-hydrogen) atoms. The first-order chi connectivity index (χ1) is 58.0. The summed E-state index contributed by atoms with van der Waals surface area (Å²) >= 11 is 0. The van der Waals surface area contributed by atoms with Crippen molar-refractivity contribution < 1.29 is 0 Å². The van der Waals surface area contributed by atoms with Crippen molar-refractivity contribution in [3.05, 3.63) is 479 Å². The van der Waals surface area contributed by atoms with Crippen LogP contribution >= 0.6 is 0 Å². The molecule has 6 aliphatic carbocycles. The molecule has 0 saturated heterocycles. The summed E-state index contributed by atoms with van der Waals surface area (Å²) in [5.41, 5.74) is 48.5. The van der Waals surface area contributed by atoms with Crippen molar-refractivity contribution in [3.8, 4) is 122 Å². The topological polar surface area (TPSA) is 6.48 Å². The standard InChI is InChI=1S/C116H80N2/c1-113(2)100-36-18-11-30-88(100)94-63-57-83(69-106(94)113)117(84-58-65-98-96-61-53-80(73-25-7-5-8-26-73)67-108(96)115(110(98)71-84)102-38-20-13-32-90(102)91-33-14-21-39-103(91)115)82-55-51-77(52-56-82)76-45-43-74(44-46-76)75-47-49-78(50-48-75)81-54-62-97-99-66-60-86(72-111(99)116(109(97)68-81)104-40-22-15-34-92(104)93-35-16-23-41-105(93)116)118(112-42-24-17-29-87(112)79-27-9-6-10-28-79)85-59-64-95-89-31-12-19-37-101(89)114(3,4)107(95)70-85/h5-72H,1-4H3. The molecule has 0 atom stereocenters. The van der Waals surface area contributed by atoms with Gasteiger partial charge in [0.05, 0.1) is 16.5 Å². The first-order valence-electron chi connectivity index (χ1n) is 41.6.